The normalized spacial score (nSPS) is 53.8. The molecule has 0 aromatic heterocycles. The van der Waals surface area contributed by atoms with E-state index in [9.17, 15) is 10.2 Å². The first kappa shape index (κ1) is 10.7. The molecule has 0 heterocycles. The van der Waals surface area contributed by atoms with Crippen LogP contribution in [0, 0.1) is 11.3 Å². The minimum absolute atomic E-state index is 0.0909. The smallest absolute Gasteiger partial charge is 0.0732 e. The van der Waals surface area contributed by atoms with E-state index in [2.05, 4.69) is 12.6 Å². The largest absolute Gasteiger partial charge is 0.392 e. The first-order valence-electron chi connectivity index (χ1n) is 5.05. The Morgan fingerprint density at radius 3 is 2.79 bits per heavy atom. The van der Waals surface area contributed by atoms with Crippen molar-refractivity contribution < 1.29 is 10.2 Å². The molecule has 2 fully saturated rings. The Balaban J connectivity index is 2.16. The summed E-state index contributed by atoms with van der Waals surface area (Å²) in [5.41, 5.74) is 11.1. The lowest BCUT2D eigenvalue weighted by Gasteiger charge is -2.32. The molecule has 6 atom stereocenters. The topological polar surface area (TPSA) is 92.5 Å². The minimum atomic E-state index is -0.534. The number of thiol groups is 1. The molecule has 0 saturated heterocycles. The lowest BCUT2D eigenvalue weighted by molar-refractivity contribution is 0.0241. The van der Waals surface area contributed by atoms with Gasteiger partial charge in [0, 0.05) is 23.3 Å². The summed E-state index contributed by atoms with van der Waals surface area (Å²) in [4.78, 5) is 0. The van der Waals surface area contributed by atoms with Gasteiger partial charge in [0.05, 0.1) is 12.2 Å². The van der Waals surface area contributed by atoms with Crippen LogP contribution < -0.4 is 11.5 Å². The van der Waals surface area contributed by atoms with E-state index < -0.39 is 12.2 Å². The van der Waals surface area contributed by atoms with Crippen molar-refractivity contribution in [3.8, 4) is 0 Å². The first-order chi connectivity index (χ1) is 6.55. The molecule has 0 bridgehead atoms. The van der Waals surface area contributed by atoms with E-state index in [0.29, 0.717) is 6.42 Å². The molecule has 0 aliphatic heterocycles. The maximum absolute atomic E-state index is 9.85. The third-order valence-corrected chi connectivity index (χ3v) is 4.78. The van der Waals surface area contributed by atoms with Crippen LogP contribution >= 0.6 is 12.6 Å². The minimum Gasteiger partial charge on any atom is -0.392 e. The molecule has 4 nitrogen and oxygen atoms in total. The summed E-state index contributed by atoms with van der Waals surface area (Å²) in [6.07, 6.45) is 0.439. The summed E-state index contributed by atoms with van der Waals surface area (Å²) in [5.74, 6) is 0.119. The molecular formula is C9H18N2O2S. The molecule has 0 spiro atoms. The van der Waals surface area contributed by atoms with Crippen LogP contribution in [0.4, 0.5) is 0 Å². The highest BCUT2D eigenvalue weighted by Crippen LogP contribution is 2.65. The van der Waals surface area contributed by atoms with Gasteiger partial charge < -0.3 is 21.7 Å². The molecule has 0 amide bonds. The summed E-state index contributed by atoms with van der Waals surface area (Å²) >= 11 is 4.44. The molecule has 5 unspecified atom stereocenters. The average molecular weight is 218 g/mol. The quantitative estimate of drug-likeness (QED) is 0.373. The molecule has 0 aromatic carbocycles. The number of aliphatic hydroxyl groups is 2. The second-order valence-electron chi connectivity index (χ2n) is 4.52. The van der Waals surface area contributed by atoms with Gasteiger partial charge >= 0.3 is 0 Å². The fourth-order valence-corrected chi connectivity index (χ4v) is 3.85. The van der Waals surface area contributed by atoms with Gasteiger partial charge in [-0.3, -0.25) is 0 Å². The highest BCUT2D eigenvalue weighted by molar-refractivity contribution is 7.81. The second-order valence-corrected chi connectivity index (χ2v) is 5.07. The summed E-state index contributed by atoms with van der Waals surface area (Å²) in [7, 11) is 0. The number of hydrogen-bond donors (Lipinski definition) is 5. The van der Waals surface area contributed by atoms with Crippen molar-refractivity contribution in [1.29, 1.82) is 0 Å². The van der Waals surface area contributed by atoms with Crippen molar-refractivity contribution in [1.82, 2.24) is 0 Å². The molecule has 2 saturated carbocycles. The lowest BCUT2D eigenvalue weighted by atomic mass is 9.80. The van der Waals surface area contributed by atoms with Crippen LogP contribution in [-0.2, 0) is 0 Å². The van der Waals surface area contributed by atoms with Gasteiger partial charge in [-0.05, 0) is 18.8 Å². The maximum atomic E-state index is 9.85. The molecule has 2 aliphatic rings. The van der Waals surface area contributed by atoms with Gasteiger partial charge in [-0.1, -0.05) is 0 Å². The third kappa shape index (κ3) is 1.17. The Bertz CT molecular complexity index is 241. The van der Waals surface area contributed by atoms with Crippen LogP contribution in [0.1, 0.15) is 12.8 Å². The van der Waals surface area contributed by atoms with Gasteiger partial charge in [-0.2, -0.15) is 12.6 Å². The van der Waals surface area contributed by atoms with E-state index in [4.69, 9.17) is 11.5 Å². The van der Waals surface area contributed by atoms with Crippen LogP contribution in [0.3, 0.4) is 0 Å². The van der Waals surface area contributed by atoms with Gasteiger partial charge in [0.2, 0.25) is 0 Å². The van der Waals surface area contributed by atoms with Crippen molar-refractivity contribution in [2.24, 2.45) is 22.8 Å². The first-order valence-corrected chi connectivity index (χ1v) is 5.57. The van der Waals surface area contributed by atoms with Gasteiger partial charge in [0.15, 0.2) is 0 Å². The Morgan fingerprint density at radius 1 is 1.57 bits per heavy atom. The molecule has 2 aliphatic carbocycles. The zero-order valence-electron chi connectivity index (χ0n) is 8.00. The second kappa shape index (κ2) is 3.35. The predicted octanol–water partition coefficient (Wildman–Crippen LogP) is -1.30. The monoisotopic (exact) mass is 218 g/mol. The molecule has 0 aromatic rings. The van der Waals surface area contributed by atoms with Gasteiger partial charge in [-0.15, -0.1) is 0 Å². The van der Waals surface area contributed by atoms with E-state index in [0.717, 1.165) is 6.42 Å². The van der Waals surface area contributed by atoms with Gasteiger partial charge in [0.25, 0.3) is 0 Å². The number of aliphatic hydroxyl groups excluding tert-OH is 2. The van der Waals surface area contributed by atoms with Crippen LogP contribution in [0.2, 0.25) is 0 Å². The fourth-order valence-electron chi connectivity index (χ4n) is 2.99. The molecule has 6 N–H and O–H groups in total. The van der Waals surface area contributed by atoms with Gasteiger partial charge in [0.1, 0.15) is 0 Å². The zero-order chi connectivity index (χ0) is 10.5. The number of nitrogens with two attached hydrogens (primary N) is 2. The standard InChI is InChI=1S/C9H18N2O2S/c10-3-5(13)9-2-1-4(12)7(11)6(9)8(9)14/h4-8,12-14H,1-3,10-11H2/t4-,5?,6?,7?,8?,9?/m1/s1. The van der Waals surface area contributed by atoms with Gasteiger partial charge in [-0.25, -0.2) is 0 Å². The van der Waals surface area contributed by atoms with Crippen LogP contribution in [-0.4, -0.2) is 40.3 Å². The SMILES string of the molecule is NCC(O)C12CC[C@@H](O)C(N)C1C2S. The van der Waals surface area contributed by atoms with Crippen LogP contribution in [0.5, 0.6) is 0 Å². The molecular weight excluding hydrogens is 200 g/mol. The Morgan fingerprint density at radius 2 is 2.21 bits per heavy atom. The molecule has 2 rings (SSSR count). The zero-order valence-corrected chi connectivity index (χ0v) is 8.90. The summed E-state index contributed by atoms with van der Waals surface area (Å²) in [5, 5.41) is 19.5. The van der Waals surface area contributed by atoms with Crippen molar-refractivity contribution in [2.75, 3.05) is 6.54 Å². The number of fused-ring (bicyclic) bond motifs is 1. The third-order valence-electron chi connectivity index (χ3n) is 3.98. The predicted molar refractivity (Wildman–Crippen MR) is 57.0 cm³/mol. The molecule has 5 heteroatoms. The number of rotatable bonds is 2. The Hall–Kier alpha value is 0.190. The Kier molecular flexibility index (Phi) is 2.56. The average Bonchev–Trinajstić information content (AvgIpc) is 2.79. The van der Waals surface area contributed by atoms with Crippen LogP contribution in [0.15, 0.2) is 0 Å². The summed E-state index contributed by atoms with van der Waals surface area (Å²) in [6, 6.07) is -0.257. The van der Waals surface area contributed by atoms with E-state index in [1.807, 2.05) is 0 Å². The highest BCUT2D eigenvalue weighted by atomic mass is 32.1. The van der Waals surface area contributed by atoms with Crippen molar-refractivity contribution in [2.45, 2.75) is 36.3 Å². The maximum Gasteiger partial charge on any atom is 0.0732 e. The molecule has 82 valence electrons. The van der Waals surface area contributed by atoms with E-state index in [-0.39, 0.29) is 29.2 Å². The molecule has 0 radical (unpaired) electrons. The van der Waals surface area contributed by atoms with Crippen molar-refractivity contribution in [3.05, 3.63) is 0 Å². The number of hydrogen-bond acceptors (Lipinski definition) is 5. The van der Waals surface area contributed by atoms with E-state index in [1.54, 1.807) is 0 Å². The van der Waals surface area contributed by atoms with E-state index >= 15 is 0 Å². The Labute approximate surface area is 89.1 Å². The lowest BCUT2D eigenvalue weighted by Crippen LogP contribution is -2.46. The van der Waals surface area contributed by atoms with Crippen LogP contribution in [0.25, 0.3) is 0 Å². The highest BCUT2D eigenvalue weighted by Gasteiger charge is 2.70. The summed E-state index contributed by atoms with van der Waals surface area (Å²) < 4.78 is 0. The van der Waals surface area contributed by atoms with Crippen molar-refractivity contribution >= 4 is 12.6 Å². The van der Waals surface area contributed by atoms with E-state index in [1.165, 1.54) is 0 Å². The molecule has 14 heavy (non-hydrogen) atoms. The summed E-state index contributed by atoms with van der Waals surface area (Å²) in [6.45, 7) is 0.246. The van der Waals surface area contributed by atoms with Crippen molar-refractivity contribution in [3.63, 3.8) is 0 Å². The fraction of sp³-hybridized carbons (Fsp3) is 1.00.